The number of rotatable bonds is 9. The molecule has 0 aliphatic heterocycles. The van der Waals surface area contributed by atoms with Crippen LogP contribution in [0.5, 0.6) is 5.75 Å². The molecule has 3 rings (SSSR count). The van der Waals surface area contributed by atoms with Crippen LogP contribution in [0.3, 0.4) is 0 Å². The lowest BCUT2D eigenvalue weighted by Gasteiger charge is -2.28. The highest BCUT2D eigenvalue weighted by molar-refractivity contribution is 5.97. The van der Waals surface area contributed by atoms with Gasteiger partial charge in [-0.3, -0.25) is 9.79 Å². The molecule has 1 aromatic heterocycles. The van der Waals surface area contributed by atoms with Gasteiger partial charge in [-0.15, -0.1) is 0 Å². The van der Waals surface area contributed by atoms with Crippen molar-refractivity contribution < 1.29 is 19.4 Å². The molecule has 0 saturated carbocycles. The molecule has 0 bridgehead atoms. The molecule has 7 heteroatoms. The van der Waals surface area contributed by atoms with Crippen LogP contribution in [-0.2, 0) is 28.7 Å². The molecular weight excluding hydrogens is 490 g/mol. The predicted octanol–water partition coefficient (Wildman–Crippen LogP) is 6.01. The van der Waals surface area contributed by atoms with Gasteiger partial charge in [0.2, 0.25) is 5.62 Å². The quantitative estimate of drug-likeness (QED) is 0.270. The van der Waals surface area contributed by atoms with E-state index in [2.05, 4.69) is 0 Å². The van der Waals surface area contributed by atoms with Crippen LogP contribution in [-0.4, -0.2) is 39.1 Å². The Morgan fingerprint density at radius 2 is 1.54 bits per heavy atom. The summed E-state index contributed by atoms with van der Waals surface area (Å²) in [4.78, 5) is 31.6. The molecule has 2 aromatic carbocycles. The van der Waals surface area contributed by atoms with E-state index in [4.69, 9.17) is 9.73 Å². The third-order valence-corrected chi connectivity index (χ3v) is 6.57. The number of ketones is 1. The molecule has 0 radical (unpaired) electrons. The van der Waals surface area contributed by atoms with Gasteiger partial charge in [0.25, 0.3) is 0 Å². The first kappa shape index (κ1) is 29.9. The van der Waals surface area contributed by atoms with E-state index in [0.29, 0.717) is 30.0 Å². The lowest BCUT2D eigenvalue weighted by atomic mass is 9.78. The van der Waals surface area contributed by atoms with Crippen molar-refractivity contribution in [3.8, 4) is 5.75 Å². The van der Waals surface area contributed by atoms with Crippen molar-refractivity contribution in [2.45, 2.75) is 85.7 Å². The summed E-state index contributed by atoms with van der Waals surface area (Å²) < 4.78 is 8.93. The summed E-state index contributed by atoms with van der Waals surface area (Å²) in [5, 5.41) is 11.1. The molecule has 1 heterocycles. The van der Waals surface area contributed by atoms with Crippen molar-refractivity contribution in [2.24, 2.45) is 4.99 Å². The topological polar surface area (TPSA) is 85.8 Å². The number of aromatic hydroxyl groups is 1. The highest BCUT2D eigenvalue weighted by Crippen LogP contribution is 2.39. The summed E-state index contributed by atoms with van der Waals surface area (Å²) in [6.45, 7) is 17.1. The Morgan fingerprint density at radius 1 is 0.949 bits per heavy atom. The van der Waals surface area contributed by atoms with Crippen molar-refractivity contribution in [2.75, 3.05) is 13.2 Å². The number of ether oxygens (including phenoxy) is 1. The van der Waals surface area contributed by atoms with Gasteiger partial charge in [0.1, 0.15) is 11.4 Å². The number of phenolic OH excluding ortho intramolecular Hbond substituents is 1. The Morgan fingerprint density at radius 3 is 2.05 bits per heavy atom. The fourth-order valence-corrected chi connectivity index (χ4v) is 4.52. The molecule has 7 nitrogen and oxygen atoms in total. The van der Waals surface area contributed by atoms with Crippen LogP contribution in [0.4, 0.5) is 0 Å². The maximum absolute atomic E-state index is 13.8. The van der Waals surface area contributed by atoms with Gasteiger partial charge in [-0.25, -0.2) is 4.79 Å². The van der Waals surface area contributed by atoms with Crippen molar-refractivity contribution in [3.63, 3.8) is 0 Å². The smallest absolute Gasteiger partial charge is 0.356 e. The fraction of sp³-hybridized carbons (Fsp3) is 0.469. The second kappa shape index (κ2) is 12.1. The maximum atomic E-state index is 13.8. The molecule has 0 fully saturated rings. The molecule has 39 heavy (non-hydrogen) atoms. The van der Waals surface area contributed by atoms with Crippen LogP contribution in [0.2, 0.25) is 0 Å². The van der Waals surface area contributed by atoms with Crippen molar-refractivity contribution >= 4 is 11.8 Å². The number of imidazole rings is 1. The highest BCUT2D eigenvalue weighted by atomic mass is 16.5. The number of carbonyl (C=O) groups is 2. The van der Waals surface area contributed by atoms with E-state index in [9.17, 15) is 14.7 Å². The van der Waals surface area contributed by atoms with Gasteiger partial charge >= 0.3 is 5.97 Å². The summed E-state index contributed by atoms with van der Waals surface area (Å²) in [5.74, 6) is -0.352. The second-order valence-electron chi connectivity index (χ2n) is 12.0. The first-order valence-electron chi connectivity index (χ1n) is 13.7. The number of hydrogen-bond acceptors (Lipinski definition) is 5. The van der Waals surface area contributed by atoms with Gasteiger partial charge in [0.05, 0.1) is 19.7 Å². The summed E-state index contributed by atoms with van der Waals surface area (Å²) in [5.41, 5.74) is 3.17. The molecule has 0 atom stereocenters. The Labute approximate surface area is 232 Å². The summed E-state index contributed by atoms with van der Waals surface area (Å²) in [6.07, 6.45) is 2.49. The van der Waals surface area contributed by atoms with Crippen molar-refractivity contribution in [1.82, 2.24) is 9.13 Å². The standard InChI is InChI=1S/C32H43N3O4/c1-9-16-33-30-34(20-26(29(38)39-10-2)35(30)19-22-14-12-11-13-15-22)21-27(36)23-17-24(31(3,4)5)28(37)25(18-23)32(6,7)8/h11-15,17-18,20,37H,9-10,16,19,21H2,1-8H3/b33-30+. The third-order valence-electron chi connectivity index (χ3n) is 6.57. The van der Waals surface area contributed by atoms with Gasteiger partial charge in [-0.1, -0.05) is 78.8 Å². The molecule has 0 aliphatic carbocycles. The number of benzene rings is 2. The van der Waals surface area contributed by atoms with Crippen LogP contribution in [0.1, 0.15) is 99.3 Å². The highest BCUT2D eigenvalue weighted by Gasteiger charge is 2.28. The molecule has 1 N–H and O–H groups in total. The monoisotopic (exact) mass is 533 g/mol. The predicted molar refractivity (Wildman–Crippen MR) is 154 cm³/mol. The van der Waals surface area contributed by atoms with Gasteiger partial charge < -0.3 is 19.0 Å². The summed E-state index contributed by atoms with van der Waals surface area (Å²) in [6, 6.07) is 13.4. The minimum atomic E-state index is -0.456. The van der Waals surface area contributed by atoms with E-state index in [1.807, 2.05) is 83.4 Å². The third kappa shape index (κ3) is 7.08. The zero-order valence-corrected chi connectivity index (χ0v) is 24.7. The second-order valence-corrected chi connectivity index (χ2v) is 12.0. The minimum absolute atomic E-state index is 0.00527. The van der Waals surface area contributed by atoms with E-state index in [1.165, 1.54) is 0 Å². The van der Waals surface area contributed by atoms with Crippen LogP contribution in [0, 0.1) is 0 Å². The van der Waals surface area contributed by atoms with E-state index < -0.39 is 5.97 Å². The largest absolute Gasteiger partial charge is 0.507 e. The summed E-state index contributed by atoms with van der Waals surface area (Å²) >= 11 is 0. The Bertz CT molecular complexity index is 1350. The van der Waals surface area contributed by atoms with Crippen LogP contribution < -0.4 is 5.62 Å². The van der Waals surface area contributed by atoms with E-state index in [1.54, 1.807) is 29.8 Å². The van der Waals surface area contributed by atoms with Crippen LogP contribution in [0.15, 0.2) is 53.7 Å². The molecular formula is C32H43N3O4. The number of phenols is 1. The fourth-order valence-electron chi connectivity index (χ4n) is 4.52. The Hall–Kier alpha value is -3.61. The Balaban J connectivity index is 2.16. The normalized spacial score (nSPS) is 12.6. The van der Waals surface area contributed by atoms with Crippen molar-refractivity contribution in [1.29, 1.82) is 0 Å². The molecule has 210 valence electrons. The van der Waals surface area contributed by atoms with Crippen molar-refractivity contribution in [3.05, 3.63) is 82.2 Å². The van der Waals surface area contributed by atoms with Gasteiger partial charge in [0.15, 0.2) is 5.78 Å². The maximum Gasteiger partial charge on any atom is 0.356 e. The number of hydrogen-bond donors (Lipinski definition) is 1. The molecule has 0 unspecified atom stereocenters. The number of aromatic nitrogens is 2. The lowest BCUT2D eigenvalue weighted by Crippen LogP contribution is -2.30. The number of esters is 1. The van der Waals surface area contributed by atoms with Gasteiger partial charge in [-0.05, 0) is 41.9 Å². The van der Waals surface area contributed by atoms with E-state index in [-0.39, 0.29) is 35.5 Å². The van der Waals surface area contributed by atoms with Gasteiger partial charge in [0, 0.05) is 29.4 Å². The van der Waals surface area contributed by atoms with Crippen LogP contribution >= 0.6 is 0 Å². The number of Topliss-reactive ketones (excluding diaryl/α,β-unsaturated/α-hetero) is 1. The van der Waals surface area contributed by atoms with E-state index in [0.717, 1.165) is 23.1 Å². The minimum Gasteiger partial charge on any atom is -0.507 e. The lowest BCUT2D eigenvalue weighted by molar-refractivity contribution is 0.0513. The average Bonchev–Trinajstić information content (AvgIpc) is 3.18. The SMILES string of the molecule is CCC/N=c1\n(CC(=O)c2cc(C(C)(C)C)c(O)c(C(C)(C)C)c2)cc(C(=O)OCC)n1Cc1ccccc1. The number of nitrogens with zero attached hydrogens (tertiary/aromatic N) is 3. The zero-order valence-electron chi connectivity index (χ0n) is 24.7. The summed E-state index contributed by atoms with van der Waals surface area (Å²) in [7, 11) is 0. The molecule has 3 aromatic rings. The number of carbonyl (C=O) groups excluding carboxylic acids is 2. The first-order chi connectivity index (χ1) is 18.3. The van der Waals surface area contributed by atoms with Crippen LogP contribution in [0.25, 0.3) is 0 Å². The molecule has 0 amide bonds. The Kier molecular flexibility index (Phi) is 9.26. The molecule has 0 aliphatic rings. The molecule has 0 spiro atoms. The molecule has 0 saturated heterocycles. The first-order valence-corrected chi connectivity index (χ1v) is 13.7. The zero-order chi connectivity index (χ0) is 29.0. The van der Waals surface area contributed by atoms with E-state index >= 15 is 0 Å². The van der Waals surface area contributed by atoms with Gasteiger partial charge in [-0.2, -0.15) is 0 Å². The average molecular weight is 534 g/mol.